The van der Waals surface area contributed by atoms with Crippen LogP contribution in [0.4, 0.5) is 11.6 Å². The maximum absolute atomic E-state index is 11.3. The highest BCUT2D eigenvalue weighted by molar-refractivity contribution is 5.90. The molecule has 1 amide bonds. The number of aryl methyl sites for hydroxylation is 1. The van der Waals surface area contributed by atoms with Gasteiger partial charge in [0.15, 0.2) is 0 Å². The fraction of sp³-hybridized carbons (Fsp3) is 0.364. The van der Waals surface area contributed by atoms with Gasteiger partial charge in [0.05, 0.1) is 17.8 Å². The lowest BCUT2D eigenvalue weighted by Gasteiger charge is -2.20. The Morgan fingerprint density at radius 1 is 1.30 bits per heavy atom. The highest BCUT2D eigenvalue weighted by atomic mass is 16.3. The summed E-state index contributed by atoms with van der Waals surface area (Å²) in [7, 11) is 0. The number of rotatable bonds is 5. The van der Waals surface area contributed by atoms with Gasteiger partial charge in [-0.15, -0.1) is 0 Å². The molecule has 3 aromatic rings. The van der Waals surface area contributed by atoms with Crippen LogP contribution in [0, 0.1) is 6.92 Å². The van der Waals surface area contributed by atoms with Gasteiger partial charge in [-0.1, -0.05) is 12.1 Å². The van der Waals surface area contributed by atoms with Crippen molar-refractivity contribution in [1.29, 1.82) is 0 Å². The number of hydrogen-bond acceptors (Lipinski definition) is 7. The van der Waals surface area contributed by atoms with Crippen LogP contribution < -0.4 is 15.5 Å². The van der Waals surface area contributed by atoms with Crippen molar-refractivity contribution in [3.8, 4) is 5.75 Å². The number of amides is 1. The summed E-state index contributed by atoms with van der Waals surface area (Å²) in [5, 5.41) is 17.1. The number of phenolic OH excluding ortho intramolecular Hbond substituents is 1. The van der Waals surface area contributed by atoms with E-state index in [2.05, 4.69) is 30.5 Å². The predicted molar refractivity (Wildman–Crippen MR) is 117 cm³/mol. The molecule has 0 saturated carbocycles. The number of aromatic nitrogens is 3. The minimum atomic E-state index is -0.0536. The third kappa shape index (κ3) is 4.27. The highest BCUT2D eigenvalue weighted by Crippen LogP contribution is 2.29. The van der Waals surface area contributed by atoms with Crippen molar-refractivity contribution in [3.63, 3.8) is 0 Å². The number of nitrogens with one attached hydrogen (secondary N) is 2. The van der Waals surface area contributed by atoms with Crippen LogP contribution in [0.1, 0.15) is 37.7 Å². The lowest BCUT2D eigenvalue weighted by atomic mass is 10.1. The minimum Gasteiger partial charge on any atom is -0.508 e. The number of carbonyl (C=O) groups is 1. The molecule has 1 aliphatic rings. The third-order valence-corrected chi connectivity index (χ3v) is 5.32. The van der Waals surface area contributed by atoms with E-state index in [-0.39, 0.29) is 23.7 Å². The Labute approximate surface area is 175 Å². The average Bonchev–Trinajstić information content (AvgIpc) is 3.15. The Morgan fingerprint density at radius 3 is 2.90 bits per heavy atom. The molecule has 1 fully saturated rings. The summed E-state index contributed by atoms with van der Waals surface area (Å²) < 4.78 is 0. The van der Waals surface area contributed by atoms with Crippen LogP contribution in [0.25, 0.3) is 10.9 Å². The first-order chi connectivity index (χ1) is 14.4. The molecule has 1 aromatic carbocycles. The number of benzene rings is 1. The molecular formula is C22H26N6O2. The number of hydrogen-bond donors (Lipinski definition) is 3. The van der Waals surface area contributed by atoms with Crippen LogP contribution >= 0.6 is 0 Å². The van der Waals surface area contributed by atoms with Gasteiger partial charge in [0.2, 0.25) is 5.91 Å². The van der Waals surface area contributed by atoms with E-state index >= 15 is 0 Å². The minimum absolute atomic E-state index is 0.00961. The zero-order valence-corrected chi connectivity index (χ0v) is 17.4. The Hall–Kier alpha value is -3.42. The van der Waals surface area contributed by atoms with Crippen molar-refractivity contribution in [1.82, 2.24) is 20.3 Å². The van der Waals surface area contributed by atoms with Gasteiger partial charge >= 0.3 is 0 Å². The number of phenols is 1. The van der Waals surface area contributed by atoms with E-state index in [1.165, 1.54) is 0 Å². The van der Waals surface area contributed by atoms with Crippen LogP contribution in [-0.4, -0.2) is 45.1 Å². The van der Waals surface area contributed by atoms with Gasteiger partial charge in [-0.25, -0.2) is 15.0 Å². The van der Waals surface area contributed by atoms with Gasteiger partial charge in [0, 0.05) is 31.4 Å². The molecule has 1 saturated heterocycles. The van der Waals surface area contributed by atoms with Gasteiger partial charge in [-0.2, -0.15) is 0 Å². The quantitative estimate of drug-likeness (QED) is 0.598. The molecule has 3 heterocycles. The average molecular weight is 406 g/mol. The van der Waals surface area contributed by atoms with E-state index in [0.717, 1.165) is 47.6 Å². The van der Waals surface area contributed by atoms with E-state index in [0.29, 0.717) is 5.82 Å². The molecule has 2 atom stereocenters. The number of pyridine rings is 1. The van der Waals surface area contributed by atoms with Crippen LogP contribution in [0.15, 0.2) is 36.5 Å². The van der Waals surface area contributed by atoms with E-state index in [1.807, 2.05) is 32.0 Å². The molecule has 1 aliphatic heterocycles. The number of nitrogens with zero attached hydrogens (tertiary/aromatic N) is 4. The molecule has 4 rings (SSSR count). The number of aromatic hydroxyl groups is 1. The molecule has 156 valence electrons. The Kier molecular flexibility index (Phi) is 5.39. The molecule has 8 heteroatoms. The van der Waals surface area contributed by atoms with E-state index < -0.39 is 0 Å². The van der Waals surface area contributed by atoms with Gasteiger partial charge < -0.3 is 20.6 Å². The molecule has 0 aliphatic carbocycles. The largest absolute Gasteiger partial charge is 0.508 e. The first-order valence-corrected chi connectivity index (χ1v) is 10.1. The van der Waals surface area contributed by atoms with Crippen LogP contribution in [0.5, 0.6) is 5.75 Å². The van der Waals surface area contributed by atoms with Gasteiger partial charge in [-0.3, -0.25) is 4.79 Å². The fourth-order valence-corrected chi connectivity index (χ4v) is 3.88. The predicted octanol–water partition coefficient (Wildman–Crippen LogP) is 2.93. The molecule has 0 radical (unpaired) electrons. The summed E-state index contributed by atoms with van der Waals surface area (Å²) in [4.78, 5) is 27.3. The lowest BCUT2D eigenvalue weighted by Crippen LogP contribution is -2.35. The zero-order chi connectivity index (χ0) is 21.3. The summed E-state index contributed by atoms with van der Waals surface area (Å²) in [5.74, 6) is 2.46. The van der Waals surface area contributed by atoms with E-state index in [4.69, 9.17) is 0 Å². The SMILES string of the molecule is CC(=O)N[C@@H]1CCN(c2cc3c(NC(C)c4cccc(O)c4)nc(C)nc3cn2)C1. The number of carbonyl (C=O) groups excluding carboxylic acids is 1. The Bertz CT molecular complexity index is 1090. The first kappa shape index (κ1) is 19.9. The number of fused-ring (bicyclic) bond motifs is 1. The summed E-state index contributed by atoms with van der Waals surface area (Å²) in [5.41, 5.74) is 1.74. The molecule has 8 nitrogen and oxygen atoms in total. The first-order valence-electron chi connectivity index (χ1n) is 10.1. The van der Waals surface area contributed by atoms with Crippen molar-refractivity contribution >= 4 is 28.4 Å². The van der Waals surface area contributed by atoms with Crippen LogP contribution in [0.3, 0.4) is 0 Å². The van der Waals surface area contributed by atoms with E-state index in [9.17, 15) is 9.90 Å². The van der Waals surface area contributed by atoms with Crippen LogP contribution in [-0.2, 0) is 4.79 Å². The summed E-state index contributed by atoms with van der Waals surface area (Å²) >= 11 is 0. The second-order valence-corrected chi connectivity index (χ2v) is 7.77. The Morgan fingerprint density at radius 2 is 2.13 bits per heavy atom. The maximum Gasteiger partial charge on any atom is 0.217 e. The smallest absolute Gasteiger partial charge is 0.217 e. The molecule has 1 unspecified atom stereocenters. The van der Waals surface area contributed by atoms with Gasteiger partial charge in [0.25, 0.3) is 0 Å². The second kappa shape index (κ2) is 8.14. The molecule has 2 aromatic heterocycles. The maximum atomic E-state index is 11.3. The van der Waals surface area contributed by atoms with Crippen LogP contribution in [0.2, 0.25) is 0 Å². The summed E-state index contributed by atoms with van der Waals surface area (Å²) in [6.45, 7) is 6.99. The molecule has 30 heavy (non-hydrogen) atoms. The van der Waals surface area contributed by atoms with Gasteiger partial charge in [0.1, 0.15) is 23.2 Å². The molecule has 0 bridgehead atoms. The molecule has 0 spiro atoms. The number of anilines is 2. The highest BCUT2D eigenvalue weighted by Gasteiger charge is 2.24. The van der Waals surface area contributed by atoms with Crippen molar-refractivity contribution in [2.45, 2.75) is 39.3 Å². The van der Waals surface area contributed by atoms with Crippen molar-refractivity contribution in [3.05, 3.63) is 47.9 Å². The normalized spacial score (nSPS) is 17.2. The Balaban J connectivity index is 1.63. The van der Waals surface area contributed by atoms with Gasteiger partial charge in [-0.05, 0) is 44.0 Å². The van der Waals surface area contributed by atoms with Crippen molar-refractivity contribution in [2.24, 2.45) is 0 Å². The lowest BCUT2D eigenvalue weighted by molar-refractivity contribution is -0.119. The molecule has 3 N–H and O–H groups in total. The summed E-state index contributed by atoms with van der Waals surface area (Å²) in [6, 6.07) is 9.28. The monoisotopic (exact) mass is 406 g/mol. The molecular weight excluding hydrogens is 380 g/mol. The zero-order valence-electron chi connectivity index (χ0n) is 17.4. The van der Waals surface area contributed by atoms with Crippen molar-refractivity contribution < 1.29 is 9.90 Å². The third-order valence-electron chi connectivity index (χ3n) is 5.32. The topological polar surface area (TPSA) is 103 Å². The standard InChI is InChI=1S/C22H26N6O2/c1-13(16-5-4-6-18(30)9-16)24-22-19-10-21(23-11-20(19)25-14(2)26-22)28-8-7-17(12-28)27-15(3)29/h4-6,9-11,13,17,30H,7-8,12H2,1-3H3,(H,27,29)(H,24,25,26)/t13?,17-/m1/s1. The second-order valence-electron chi connectivity index (χ2n) is 7.77. The van der Waals surface area contributed by atoms with E-state index in [1.54, 1.807) is 25.3 Å². The van der Waals surface area contributed by atoms with Crippen molar-refractivity contribution in [2.75, 3.05) is 23.3 Å². The summed E-state index contributed by atoms with van der Waals surface area (Å²) in [6.07, 6.45) is 2.67. The fourth-order valence-electron chi connectivity index (χ4n) is 3.88.